The molecule has 0 aliphatic carbocycles. The maximum atomic E-state index is 5.57. The van der Waals surface area contributed by atoms with Crippen molar-refractivity contribution in [2.24, 2.45) is 5.73 Å². The third-order valence-corrected chi connectivity index (χ3v) is 2.40. The Morgan fingerprint density at radius 1 is 1.67 bits per heavy atom. The molecule has 4 nitrogen and oxygen atoms in total. The second-order valence-corrected chi connectivity index (χ2v) is 3.79. The van der Waals surface area contributed by atoms with Gasteiger partial charge in [-0.15, -0.1) is 0 Å². The van der Waals surface area contributed by atoms with E-state index in [0.29, 0.717) is 30.5 Å². The first-order valence-electron chi connectivity index (χ1n) is 4.70. The minimum absolute atomic E-state index is 0.199. The van der Waals surface area contributed by atoms with Crippen LogP contribution in [0.2, 0.25) is 0 Å². The molecular formula is C10H12N2O2S. The number of hydrogen-bond donors (Lipinski definition) is 1. The molecule has 2 heterocycles. The van der Waals surface area contributed by atoms with E-state index in [1.807, 2.05) is 12.1 Å². The Morgan fingerprint density at radius 3 is 3.07 bits per heavy atom. The molecule has 0 unspecified atom stereocenters. The second kappa shape index (κ2) is 4.65. The van der Waals surface area contributed by atoms with Crippen LogP contribution in [-0.2, 0) is 16.1 Å². The molecule has 0 spiro atoms. The first-order valence-corrected chi connectivity index (χ1v) is 5.11. The maximum absolute atomic E-state index is 5.57. The zero-order valence-corrected chi connectivity index (χ0v) is 9.00. The molecule has 2 rings (SSSR count). The Hall–Kier alpha value is -1.04. The van der Waals surface area contributed by atoms with E-state index in [0.717, 1.165) is 5.56 Å². The third kappa shape index (κ3) is 2.50. The maximum Gasteiger partial charge on any atom is 0.123 e. The van der Waals surface area contributed by atoms with E-state index in [2.05, 4.69) is 4.98 Å². The molecule has 0 radical (unpaired) electrons. The molecule has 1 aromatic heterocycles. The van der Waals surface area contributed by atoms with Crippen molar-refractivity contribution < 1.29 is 9.47 Å². The minimum Gasteiger partial charge on any atom is -0.388 e. The van der Waals surface area contributed by atoms with Crippen LogP contribution in [0.1, 0.15) is 11.3 Å². The molecular weight excluding hydrogens is 212 g/mol. The number of aromatic nitrogens is 1. The molecule has 1 aromatic rings. The Morgan fingerprint density at radius 2 is 2.47 bits per heavy atom. The van der Waals surface area contributed by atoms with Crippen molar-refractivity contribution in [1.29, 1.82) is 0 Å². The summed E-state index contributed by atoms with van der Waals surface area (Å²) >= 11 is 4.91. The van der Waals surface area contributed by atoms with E-state index in [1.165, 1.54) is 0 Å². The summed E-state index contributed by atoms with van der Waals surface area (Å²) in [5, 5.41) is 0. The summed E-state index contributed by atoms with van der Waals surface area (Å²) in [6.45, 7) is 1.82. The molecule has 1 saturated heterocycles. The van der Waals surface area contributed by atoms with Gasteiger partial charge in [-0.05, 0) is 6.07 Å². The lowest BCUT2D eigenvalue weighted by Gasteiger charge is -2.26. The molecule has 0 amide bonds. The highest BCUT2D eigenvalue weighted by Gasteiger charge is 2.19. The topological polar surface area (TPSA) is 57.4 Å². The highest BCUT2D eigenvalue weighted by molar-refractivity contribution is 7.80. The third-order valence-electron chi connectivity index (χ3n) is 2.21. The molecule has 0 aromatic carbocycles. The highest BCUT2D eigenvalue weighted by atomic mass is 32.1. The number of ether oxygens (including phenoxy) is 2. The molecule has 0 saturated carbocycles. The quantitative estimate of drug-likeness (QED) is 0.760. The van der Waals surface area contributed by atoms with Gasteiger partial charge in [0.05, 0.1) is 19.8 Å². The standard InChI is InChI=1S/C10H12N2O2S/c11-10(15)9-7(2-1-3-12-9)4-14-8-5-13-6-8/h1-3,8H,4-6H2,(H2,11,15). The summed E-state index contributed by atoms with van der Waals surface area (Å²) in [6, 6.07) is 3.76. The van der Waals surface area contributed by atoms with Crippen molar-refractivity contribution in [1.82, 2.24) is 4.98 Å². The lowest BCUT2D eigenvalue weighted by atomic mass is 10.2. The highest BCUT2D eigenvalue weighted by Crippen LogP contribution is 2.12. The Bertz CT molecular complexity index is 366. The SMILES string of the molecule is NC(=S)c1ncccc1COC1COC1. The number of nitrogens with zero attached hydrogens (tertiary/aromatic N) is 1. The summed E-state index contributed by atoms with van der Waals surface area (Å²) in [5.74, 6) is 0. The van der Waals surface area contributed by atoms with Crippen LogP contribution in [0.3, 0.4) is 0 Å². The van der Waals surface area contributed by atoms with Crippen molar-refractivity contribution in [3.05, 3.63) is 29.6 Å². The lowest BCUT2D eigenvalue weighted by molar-refractivity contribution is -0.135. The molecule has 0 bridgehead atoms. The van der Waals surface area contributed by atoms with Crippen LogP contribution in [0, 0.1) is 0 Å². The van der Waals surface area contributed by atoms with Crippen molar-refractivity contribution in [3.63, 3.8) is 0 Å². The van der Waals surface area contributed by atoms with Gasteiger partial charge in [0.25, 0.3) is 0 Å². The van der Waals surface area contributed by atoms with Gasteiger partial charge in [-0.1, -0.05) is 18.3 Å². The molecule has 2 N–H and O–H groups in total. The van der Waals surface area contributed by atoms with Crippen molar-refractivity contribution >= 4 is 17.2 Å². The molecule has 1 aliphatic heterocycles. The average molecular weight is 224 g/mol. The van der Waals surface area contributed by atoms with Crippen LogP contribution in [0.4, 0.5) is 0 Å². The first kappa shape index (κ1) is 10.5. The van der Waals surface area contributed by atoms with Crippen molar-refractivity contribution in [2.45, 2.75) is 12.7 Å². The van der Waals surface area contributed by atoms with Crippen LogP contribution in [0.5, 0.6) is 0 Å². The van der Waals surface area contributed by atoms with Gasteiger partial charge in [-0.2, -0.15) is 0 Å². The van der Waals surface area contributed by atoms with Gasteiger partial charge in [-0.3, -0.25) is 4.98 Å². The van der Waals surface area contributed by atoms with Gasteiger partial charge in [0.2, 0.25) is 0 Å². The Labute approximate surface area is 93.4 Å². The lowest BCUT2D eigenvalue weighted by Crippen LogP contribution is -2.36. The van der Waals surface area contributed by atoms with E-state index in [4.69, 9.17) is 27.4 Å². The van der Waals surface area contributed by atoms with Gasteiger partial charge in [-0.25, -0.2) is 0 Å². The summed E-state index contributed by atoms with van der Waals surface area (Å²) in [7, 11) is 0. The summed E-state index contributed by atoms with van der Waals surface area (Å²) in [4.78, 5) is 4.43. The monoisotopic (exact) mass is 224 g/mol. The van der Waals surface area contributed by atoms with Crippen LogP contribution in [-0.4, -0.2) is 29.3 Å². The molecule has 5 heteroatoms. The smallest absolute Gasteiger partial charge is 0.123 e. The molecule has 0 atom stereocenters. The van der Waals surface area contributed by atoms with Gasteiger partial charge < -0.3 is 15.2 Å². The zero-order valence-electron chi connectivity index (χ0n) is 8.18. The number of nitrogens with two attached hydrogens (primary N) is 1. The predicted molar refractivity (Wildman–Crippen MR) is 59.5 cm³/mol. The minimum atomic E-state index is 0.199. The summed E-state index contributed by atoms with van der Waals surface area (Å²) in [6.07, 6.45) is 1.87. The van der Waals surface area contributed by atoms with Crippen molar-refractivity contribution in [3.8, 4) is 0 Å². The molecule has 1 aliphatic rings. The molecule has 15 heavy (non-hydrogen) atoms. The average Bonchev–Trinajstić information content (AvgIpc) is 2.16. The normalized spacial score (nSPS) is 16.0. The Balaban J connectivity index is 2.02. The van der Waals surface area contributed by atoms with Gasteiger partial charge >= 0.3 is 0 Å². The van der Waals surface area contributed by atoms with E-state index in [1.54, 1.807) is 6.20 Å². The van der Waals surface area contributed by atoms with Crippen LogP contribution in [0.15, 0.2) is 18.3 Å². The van der Waals surface area contributed by atoms with Crippen LogP contribution in [0.25, 0.3) is 0 Å². The van der Waals surface area contributed by atoms with Crippen LogP contribution < -0.4 is 5.73 Å². The zero-order chi connectivity index (χ0) is 10.7. The first-order chi connectivity index (χ1) is 7.27. The fourth-order valence-electron chi connectivity index (χ4n) is 1.29. The summed E-state index contributed by atoms with van der Waals surface area (Å²) in [5.41, 5.74) is 7.13. The van der Waals surface area contributed by atoms with Gasteiger partial charge in [0.15, 0.2) is 0 Å². The van der Waals surface area contributed by atoms with E-state index < -0.39 is 0 Å². The number of thiocarbonyl (C=S) groups is 1. The number of hydrogen-bond acceptors (Lipinski definition) is 4. The van der Waals surface area contributed by atoms with Gasteiger partial charge in [0.1, 0.15) is 16.8 Å². The second-order valence-electron chi connectivity index (χ2n) is 3.35. The fraction of sp³-hybridized carbons (Fsp3) is 0.400. The molecule has 80 valence electrons. The van der Waals surface area contributed by atoms with Gasteiger partial charge in [0, 0.05) is 11.8 Å². The van der Waals surface area contributed by atoms with E-state index in [-0.39, 0.29) is 6.10 Å². The predicted octanol–water partition coefficient (Wildman–Crippen LogP) is 0.631. The van der Waals surface area contributed by atoms with E-state index in [9.17, 15) is 0 Å². The Kier molecular flexibility index (Phi) is 3.25. The van der Waals surface area contributed by atoms with Crippen molar-refractivity contribution in [2.75, 3.05) is 13.2 Å². The number of pyridine rings is 1. The molecule has 1 fully saturated rings. The van der Waals surface area contributed by atoms with E-state index >= 15 is 0 Å². The summed E-state index contributed by atoms with van der Waals surface area (Å²) < 4.78 is 10.6. The fourth-order valence-corrected chi connectivity index (χ4v) is 1.48. The van der Waals surface area contributed by atoms with Crippen LogP contribution >= 0.6 is 12.2 Å². The number of rotatable bonds is 4. The largest absolute Gasteiger partial charge is 0.388 e.